The largest absolute Gasteiger partial charge is 0.453 e. The number of nitrogens with one attached hydrogen (secondary N) is 1. The molecule has 2 fully saturated rings. The highest BCUT2D eigenvalue weighted by Gasteiger charge is 2.31. The molecule has 2 rings (SSSR count). The van der Waals surface area contributed by atoms with Gasteiger partial charge < -0.3 is 19.9 Å². The molecule has 7 nitrogen and oxygen atoms in total. The fourth-order valence-corrected chi connectivity index (χ4v) is 2.44. The number of piperidine rings is 1. The molecule has 7 heteroatoms. The molecule has 1 atom stereocenters. The van der Waals surface area contributed by atoms with Crippen LogP contribution in [-0.4, -0.2) is 67.5 Å². The Kier molecular flexibility index (Phi) is 4.24. The summed E-state index contributed by atoms with van der Waals surface area (Å²) in [5.41, 5.74) is 0. The van der Waals surface area contributed by atoms with Gasteiger partial charge in [-0.3, -0.25) is 9.59 Å². The van der Waals surface area contributed by atoms with Crippen molar-refractivity contribution in [2.45, 2.75) is 12.8 Å². The van der Waals surface area contributed by atoms with E-state index in [1.54, 1.807) is 9.80 Å². The van der Waals surface area contributed by atoms with Crippen LogP contribution in [0.1, 0.15) is 12.8 Å². The molecule has 0 radical (unpaired) electrons. The van der Waals surface area contributed by atoms with Crippen molar-refractivity contribution in [1.29, 1.82) is 0 Å². The molecule has 2 aliphatic rings. The third kappa shape index (κ3) is 3.15. The van der Waals surface area contributed by atoms with Crippen LogP contribution in [0.25, 0.3) is 0 Å². The second kappa shape index (κ2) is 5.90. The highest BCUT2D eigenvalue weighted by Crippen LogP contribution is 2.15. The van der Waals surface area contributed by atoms with Gasteiger partial charge in [0, 0.05) is 39.1 Å². The van der Waals surface area contributed by atoms with E-state index >= 15 is 0 Å². The number of piperazine rings is 1. The van der Waals surface area contributed by atoms with Gasteiger partial charge in [-0.05, 0) is 6.42 Å². The lowest BCUT2D eigenvalue weighted by atomic mass is 9.97. The van der Waals surface area contributed by atoms with E-state index in [4.69, 9.17) is 0 Å². The van der Waals surface area contributed by atoms with Gasteiger partial charge in [-0.25, -0.2) is 4.79 Å². The molecule has 0 aromatic heterocycles. The Labute approximate surface area is 111 Å². The molecule has 0 bridgehead atoms. The van der Waals surface area contributed by atoms with Crippen LogP contribution in [0.15, 0.2) is 0 Å². The maximum absolute atomic E-state index is 12.2. The zero-order valence-corrected chi connectivity index (χ0v) is 11.1. The summed E-state index contributed by atoms with van der Waals surface area (Å²) in [6.07, 6.45) is 0.678. The number of carbonyl (C=O) groups excluding carboxylic acids is 3. The third-order valence-electron chi connectivity index (χ3n) is 3.64. The zero-order chi connectivity index (χ0) is 13.8. The van der Waals surface area contributed by atoms with E-state index in [9.17, 15) is 14.4 Å². The molecule has 0 aromatic rings. The summed E-state index contributed by atoms with van der Waals surface area (Å²) in [5, 5.41) is 2.72. The van der Waals surface area contributed by atoms with E-state index in [0.29, 0.717) is 45.6 Å². The maximum atomic E-state index is 12.2. The average molecular weight is 269 g/mol. The SMILES string of the molecule is COC(=O)N1CCN(C(=O)C2CCC(=O)NC2)CC1. The van der Waals surface area contributed by atoms with Crippen LogP contribution in [0.3, 0.4) is 0 Å². The lowest BCUT2D eigenvalue weighted by Gasteiger charge is -2.36. The van der Waals surface area contributed by atoms with Crippen LogP contribution in [0.2, 0.25) is 0 Å². The Morgan fingerprint density at radius 1 is 1.21 bits per heavy atom. The maximum Gasteiger partial charge on any atom is 0.409 e. The van der Waals surface area contributed by atoms with Gasteiger partial charge in [-0.1, -0.05) is 0 Å². The van der Waals surface area contributed by atoms with Gasteiger partial charge in [0.15, 0.2) is 0 Å². The predicted molar refractivity (Wildman–Crippen MR) is 66.3 cm³/mol. The monoisotopic (exact) mass is 269 g/mol. The number of nitrogens with zero attached hydrogens (tertiary/aromatic N) is 2. The highest BCUT2D eigenvalue weighted by molar-refractivity contribution is 5.84. The molecule has 1 N–H and O–H groups in total. The van der Waals surface area contributed by atoms with Crippen molar-refractivity contribution in [3.63, 3.8) is 0 Å². The standard InChI is InChI=1S/C12H19N3O4/c1-19-12(18)15-6-4-14(5-7-15)11(17)9-2-3-10(16)13-8-9/h9H,2-8H2,1H3,(H,13,16). The second-order valence-corrected chi connectivity index (χ2v) is 4.82. The third-order valence-corrected chi connectivity index (χ3v) is 3.64. The van der Waals surface area contributed by atoms with E-state index in [-0.39, 0.29) is 23.8 Å². The second-order valence-electron chi connectivity index (χ2n) is 4.82. The predicted octanol–water partition coefficient (Wildman–Crippen LogP) is -0.577. The zero-order valence-electron chi connectivity index (χ0n) is 11.1. The normalized spacial score (nSPS) is 23.8. The Bertz CT molecular complexity index is 367. The lowest BCUT2D eigenvalue weighted by molar-refractivity contribution is -0.139. The molecule has 19 heavy (non-hydrogen) atoms. The number of amides is 3. The van der Waals surface area contributed by atoms with Crippen molar-refractivity contribution in [3.8, 4) is 0 Å². The number of methoxy groups -OCH3 is 1. The molecule has 0 aliphatic carbocycles. The van der Waals surface area contributed by atoms with Crippen LogP contribution in [0.4, 0.5) is 4.79 Å². The Balaban J connectivity index is 1.82. The van der Waals surface area contributed by atoms with Crippen molar-refractivity contribution in [2.75, 3.05) is 39.8 Å². The van der Waals surface area contributed by atoms with Crippen molar-refractivity contribution in [2.24, 2.45) is 5.92 Å². The fourth-order valence-electron chi connectivity index (χ4n) is 2.44. The Morgan fingerprint density at radius 3 is 2.37 bits per heavy atom. The minimum absolute atomic E-state index is 0.0135. The van der Waals surface area contributed by atoms with Gasteiger partial charge in [0.05, 0.1) is 13.0 Å². The van der Waals surface area contributed by atoms with Crippen molar-refractivity contribution in [3.05, 3.63) is 0 Å². The minimum atomic E-state index is -0.350. The topological polar surface area (TPSA) is 79.0 Å². The first-order valence-corrected chi connectivity index (χ1v) is 6.50. The first-order valence-electron chi connectivity index (χ1n) is 6.50. The van der Waals surface area contributed by atoms with Crippen LogP contribution in [0.5, 0.6) is 0 Å². The van der Waals surface area contributed by atoms with Crippen molar-refractivity contribution < 1.29 is 19.1 Å². The van der Waals surface area contributed by atoms with Crippen molar-refractivity contribution >= 4 is 17.9 Å². The fraction of sp³-hybridized carbons (Fsp3) is 0.750. The summed E-state index contributed by atoms with van der Waals surface area (Å²) >= 11 is 0. The van der Waals surface area contributed by atoms with E-state index in [2.05, 4.69) is 10.1 Å². The minimum Gasteiger partial charge on any atom is -0.453 e. The van der Waals surface area contributed by atoms with Gasteiger partial charge >= 0.3 is 6.09 Å². The van der Waals surface area contributed by atoms with E-state index in [0.717, 1.165) is 0 Å². The van der Waals surface area contributed by atoms with Crippen molar-refractivity contribution in [1.82, 2.24) is 15.1 Å². The van der Waals surface area contributed by atoms with Crippen LogP contribution >= 0.6 is 0 Å². The summed E-state index contributed by atoms with van der Waals surface area (Å²) in [5.74, 6) is -0.0357. The number of ether oxygens (including phenoxy) is 1. The van der Waals surface area contributed by atoms with Gasteiger partial charge in [-0.15, -0.1) is 0 Å². The first kappa shape index (κ1) is 13.6. The molecular formula is C12H19N3O4. The summed E-state index contributed by atoms with van der Waals surface area (Å²) in [6, 6.07) is 0. The molecular weight excluding hydrogens is 250 g/mol. The molecule has 2 heterocycles. The van der Waals surface area contributed by atoms with Gasteiger partial charge in [0.1, 0.15) is 0 Å². The van der Waals surface area contributed by atoms with Crippen LogP contribution in [-0.2, 0) is 14.3 Å². The molecule has 0 saturated carbocycles. The molecule has 1 unspecified atom stereocenters. The van der Waals surface area contributed by atoms with Crippen LogP contribution in [0, 0.1) is 5.92 Å². The molecule has 2 saturated heterocycles. The number of hydrogen-bond acceptors (Lipinski definition) is 4. The number of carbonyl (C=O) groups is 3. The molecule has 0 spiro atoms. The Hall–Kier alpha value is -1.79. The summed E-state index contributed by atoms with van der Waals surface area (Å²) < 4.78 is 4.65. The number of hydrogen-bond donors (Lipinski definition) is 1. The highest BCUT2D eigenvalue weighted by atomic mass is 16.5. The molecule has 106 valence electrons. The molecule has 0 aromatic carbocycles. The van der Waals surface area contributed by atoms with Gasteiger partial charge in [0.2, 0.25) is 11.8 Å². The first-order chi connectivity index (χ1) is 9.11. The molecule has 2 aliphatic heterocycles. The molecule has 3 amide bonds. The summed E-state index contributed by atoms with van der Waals surface area (Å²) in [7, 11) is 1.35. The quantitative estimate of drug-likeness (QED) is 0.691. The summed E-state index contributed by atoms with van der Waals surface area (Å²) in [4.78, 5) is 38.0. The van der Waals surface area contributed by atoms with E-state index in [1.807, 2.05) is 0 Å². The van der Waals surface area contributed by atoms with Crippen LogP contribution < -0.4 is 5.32 Å². The Morgan fingerprint density at radius 2 is 1.84 bits per heavy atom. The lowest BCUT2D eigenvalue weighted by Crippen LogP contribution is -2.53. The van der Waals surface area contributed by atoms with E-state index < -0.39 is 0 Å². The number of rotatable bonds is 1. The van der Waals surface area contributed by atoms with E-state index in [1.165, 1.54) is 7.11 Å². The average Bonchev–Trinajstić information content (AvgIpc) is 2.46. The van der Waals surface area contributed by atoms with Gasteiger partial charge in [-0.2, -0.15) is 0 Å². The van der Waals surface area contributed by atoms with Gasteiger partial charge in [0.25, 0.3) is 0 Å². The summed E-state index contributed by atoms with van der Waals surface area (Å²) in [6.45, 7) is 2.47. The smallest absolute Gasteiger partial charge is 0.409 e.